The van der Waals surface area contributed by atoms with Gasteiger partial charge in [0.2, 0.25) is 11.8 Å². The van der Waals surface area contributed by atoms with E-state index in [4.69, 9.17) is 4.74 Å². The van der Waals surface area contributed by atoms with E-state index in [0.29, 0.717) is 38.6 Å². The Kier molecular flexibility index (Phi) is 7.97. The second-order valence-corrected chi connectivity index (χ2v) is 9.40. The molecule has 170 valence electrons. The molecule has 4 amide bonds. The van der Waals surface area contributed by atoms with Gasteiger partial charge in [0.05, 0.1) is 12.6 Å². The number of hydrogen-bond acceptors (Lipinski definition) is 4. The van der Waals surface area contributed by atoms with Crippen molar-refractivity contribution in [1.82, 2.24) is 20.0 Å². The number of rotatable bonds is 8. The molecule has 0 radical (unpaired) electrons. The zero-order chi connectivity index (χ0) is 21.7. The van der Waals surface area contributed by atoms with Crippen molar-refractivity contribution in [3.63, 3.8) is 0 Å². The number of nitrogens with zero attached hydrogens (tertiary/aromatic N) is 3. The molecule has 3 rings (SSSR count). The number of nitrogens with one attached hydrogen (secondary N) is 1. The van der Waals surface area contributed by atoms with Gasteiger partial charge in [-0.25, -0.2) is 4.79 Å². The fraction of sp³-hybridized carbons (Fsp3) is 0.864. The Hall–Kier alpha value is -1.83. The van der Waals surface area contributed by atoms with Crippen molar-refractivity contribution in [2.45, 2.75) is 76.9 Å². The number of amides is 4. The topological polar surface area (TPSA) is 82.2 Å². The normalized spacial score (nSPS) is 25.7. The summed E-state index contributed by atoms with van der Waals surface area (Å²) in [6.45, 7) is 6.21. The Balaban J connectivity index is 1.64. The molecular weight excluding hydrogens is 384 g/mol. The second-order valence-electron chi connectivity index (χ2n) is 9.40. The van der Waals surface area contributed by atoms with Crippen LogP contribution < -0.4 is 5.32 Å². The summed E-state index contributed by atoms with van der Waals surface area (Å²) >= 11 is 0. The predicted octanol–water partition coefficient (Wildman–Crippen LogP) is 1.83. The van der Waals surface area contributed by atoms with Crippen molar-refractivity contribution in [2.24, 2.45) is 5.92 Å². The minimum Gasteiger partial charge on any atom is -0.383 e. The Morgan fingerprint density at radius 1 is 1.10 bits per heavy atom. The summed E-state index contributed by atoms with van der Waals surface area (Å²) in [5, 5.41) is 3.13. The van der Waals surface area contributed by atoms with Gasteiger partial charge in [-0.3, -0.25) is 9.59 Å². The summed E-state index contributed by atoms with van der Waals surface area (Å²) in [6.07, 6.45) is 7.45. The molecule has 1 saturated carbocycles. The third kappa shape index (κ3) is 5.45. The third-order valence-corrected chi connectivity index (χ3v) is 6.49. The molecule has 2 heterocycles. The summed E-state index contributed by atoms with van der Waals surface area (Å²) in [6, 6.07) is -0.481. The molecule has 1 N–H and O–H groups in total. The molecule has 8 heteroatoms. The highest BCUT2D eigenvalue weighted by Gasteiger charge is 2.49. The van der Waals surface area contributed by atoms with E-state index in [0.717, 1.165) is 25.7 Å². The fourth-order valence-electron chi connectivity index (χ4n) is 5.01. The Bertz CT molecular complexity index is 618. The van der Waals surface area contributed by atoms with Crippen LogP contribution in [0, 0.1) is 5.92 Å². The number of piperazine rings is 1. The van der Waals surface area contributed by atoms with Crippen molar-refractivity contribution < 1.29 is 19.1 Å². The van der Waals surface area contributed by atoms with E-state index in [1.807, 2.05) is 4.90 Å². The fourth-order valence-corrected chi connectivity index (χ4v) is 5.01. The van der Waals surface area contributed by atoms with Gasteiger partial charge in [-0.15, -0.1) is 0 Å². The second kappa shape index (κ2) is 10.5. The molecule has 0 spiro atoms. The van der Waals surface area contributed by atoms with E-state index in [-0.39, 0.29) is 36.5 Å². The Morgan fingerprint density at radius 3 is 2.40 bits per heavy atom. The van der Waals surface area contributed by atoms with Crippen LogP contribution in [0.2, 0.25) is 0 Å². The molecule has 3 aliphatic rings. The van der Waals surface area contributed by atoms with Gasteiger partial charge < -0.3 is 24.8 Å². The van der Waals surface area contributed by atoms with Crippen molar-refractivity contribution in [3.8, 4) is 0 Å². The van der Waals surface area contributed by atoms with Crippen LogP contribution in [0.5, 0.6) is 0 Å². The minimum absolute atomic E-state index is 0.00453. The first-order valence-corrected chi connectivity index (χ1v) is 11.5. The number of urea groups is 1. The number of ether oxygens (including phenoxy) is 1. The molecule has 8 nitrogen and oxygen atoms in total. The van der Waals surface area contributed by atoms with E-state index in [1.54, 1.807) is 16.9 Å². The molecule has 2 saturated heterocycles. The lowest BCUT2D eigenvalue weighted by atomic mass is 9.97. The number of hydrogen-bond donors (Lipinski definition) is 1. The van der Waals surface area contributed by atoms with Gasteiger partial charge in [-0.2, -0.15) is 0 Å². The van der Waals surface area contributed by atoms with Crippen LogP contribution in [-0.4, -0.2) is 90.6 Å². The lowest BCUT2D eigenvalue weighted by Gasteiger charge is -2.42. The summed E-state index contributed by atoms with van der Waals surface area (Å²) in [7, 11) is 1.63. The highest BCUT2D eigenvalue weighted by atomic mass is 16.5. The first-order chi connectivity index (χ1) is 14.4. The molecule has 0 unspecified atom stereocenters. The predicted molar refractivity (Wildman–Crippen MR) is 114 cm³/mol. The molecule has 2 aliphatic heterocycles. The van der Waals surface area contributed by atoms with Gasteiger partial charge in [0, 0.05) is 32.8 Å². The van der Waals surface area contributed by atoms with Crippen molar-refractivity contribution >= 4 is 17.8 Å². The number of carbonyl (C=O) groups is 3. The molecule has 3 fully saturated rings. The van der Waals surface area contributed by atoms with Gasteiger partial charge in [-0.05, 0) is 25.2 Å². The van der Waals surface area contributed by atoms with Crippen LogP contribution in [0.25, 0.3) is 0 Å². The monoisotopic (exact) mass is 422 g/mol. The van der Waals surface area contributed by atoms with Crippen LogP contribution in [0.1, 0.15) is 58.8 Å². The summed E-state index contributed by atoms with van der Waals surface area (Å²) in [4.78, 5) is 44.0. The van der Waals surface area contributed by atoms with E-state index in [9.17, 15) is 14.4 Å². The lowest BCUT2D eigenvalue weighted by Crippen LogP contribution is -2.61. The van der Waals surface area contributed by atoms with Crippen LogP contribution in [0.4, 0.5) is 4.79 Å². The van der Waals surface area contributed by atoms with Crippen molar-refractivity contribution in [1.29, 1.82) is 0 Å². The molecule has 0 bridgehead atoms. The number of carbonyl (C=O) groups excluding carboxylic acids is 3. The molecule has 1 aliphatic carbocycles. The van der Waals surface area contributed by atoms with E-state index in [2.05, 4.69) is 19.2 Å². The van der Waals surface area contributed by atoms with Gasteiger partial charge in [0.25, 0.3) is 0 Å². The van der Waals surface area contributed by atoms with Crippen LogP contribution in [0.3, 0.4) is 0 Å². The smallest absolute Gasteiger partial charge is 0.321 e. The highest BCUT2D eigenvalue weighted by Crippen LogP contribution is 2.29. The minimum atomic E-state index is -0.456. The number of methoxy groups -OCH3 is 1. The lowest BCUT2D eigenvalue weighted by molar-refractivity contribution is -0.143. The Labute approximate surface area is 180 Å². The summed E-state index contributed by atoms with van der Waals surface area (Å²) < 4.78 is 5.16. The van der Waals surface area contributed by atoms with Crippen molar-refractivity contribution in [2.75, 3.05) is 39.9 Å². The van der Waals surface area contributed by atoms with Crippen LogP contribution in [0.15, 0.2) is 0 Å². The first-order valence-electron chi connectivity index (χ1n) is 11.5. The number of fused-ring (bicyclic) bond motifs is 1. The molecule has 0 aromatic carbocycles. The van der Waals surface area contributed by atoms with Crippen molar-refractivity contribution in [3.05, 3.63) is 0 Å². The zero-order valence-electron chi connectivity index (χ0n) is 18.8. The van der Waals surface area contributed by atoms with E-state index >= 15 is 0 Å². The molecule has 0 aromatic heterocycles. The molecular formula is C22H38N4O4. The molecule has 2 atom stereocenters. The molecule has 30 heavy (non-hydrogen) atoms. The maximum Gasteiger partial charge on any atom is 0.321 e. The standard InChI is InChI=1S/C22H38N4O4/c1-16(2)12-19-21(28)24(10-11-30-3)13-18-14-25(22(29)26(18)19)15-20(27)23-17-8-6-4-5-7-9-17/h16-19H,4-15H2,1-3H3,(H,23,27)/t18-,19-/m0/s1. The Morgan fingerprint density at radius 2 is 1.77 bits per heavy atom. The summed E-state index contributed by atoms with van der Waals surface area (Å²) in [5.41, 5.74) is 0. The molecule has 0 aromatic rings. The van der Waals surface area contributed by atoms with Gasteiger partial charge in [-0.1, -0.05) is 39.5 Å². The van der Waals surface area contributed by atoms with E-state index in [1.165, 1.54) is 12.8 Å². The average molecular weight is 423 g/mol. The van der Waals surface area contributed by atoms with Crippen LogP contribution in [-0.2, 0) is 14.3 Å². The average Bonchev–Trinajstić information content (AvgIpc) is 2.86. The maximum absolute atomic E-state index is 13.2. The van der Waals surface area contributed by atoms with Gasteiger partial charge in [0.1, 0.15) is 12.6 Å². The van der Waals surface area contributed by atoms with Gasteiger partial charge in [0.15, 0.2) is 0 Å². The van der Waals surface area contributed by atoms with Gasteiger partial charge >= 0.3 is 6.03 Å². The van der Waals surface area contributed by atoms with Crippen LogP contribution >= 0.6 is 0 Å². The largest absolute Gasteiger partial charge is 0.383 e. The van der Waals surface area contributed by atoms with E-state index < -0.39 is 6.04 Å². The quantitative estimate of drug-likeness (QED) is 0.605. The third-order valence-electron chi connectivity index (χ3n) is 6.49. The highest BCUT2D eigenvalue weighted by molar-refractivity contribution is 5.92. The first kappa shape index (κ1) is 22.8. The summed E-state index contributed by atoms with van der Waals surface area (Å²) in [5.74, 6) is 0.204. The maximum atomic E-state index is 13.2. The SMILES string of the molecule is COCCN1C[C@H]2CN(CC(=O)NC3CCCCCC3)C(=O)N2[C@@H](CC(C)C)C1=O. The zero-order valence-corrected chi connectivity index (χ0v) is 18.8.